The van der Waals surface area contributed by atoms with Gasteiger partial charge in [0.05, 0.1) is 11.4 Å². The Morgan fingerprint density at radius 1 is 0.697 bits per heavy atom. The number of halogens is 2. The van der Waals surface area contributed by atoms with Crippen LogP contribution in [-0.2, 0) is 9.59 Å². The normalized spacial score (nSPS) is 10.0. The highest BCUT2D eigenvalue weighted by Crippen LogP contribution is 2.08. The third-order valence-electron chi connectivity index (χ3n) is 4.10. The van der Waals surface area contributed by atoms with Crippen molar-refractivity contribution in [3.05, 3.63) is 60.2 Å². The van der Waals surface area contributed by atoms with Gasteiger partial charge in [-0.25, -0.2) is 8.78 Å². The minimum Gasteiger partial charge on any atom is -0.302 e. The highest BCUT2D eigenvalue weighted by molar-refractivity contribution is 7.80. The number of hydrogen-bond acceptors (Lipinski definition) is 6. The third kappa shape index (κ3) is 11.2. The number of thiocarbonyl (C=S) groups is 2. The monoisotopic (exact) mass is 494 g/mol. The van der Waals surface area contributed by atoms with Gasteiger partial charge in [0.1, 0.15) is 11.6 Å². The summed E-state index contributed by atoms with van der Waals surface area (Å²) in [5.74, 6) is -1.34. The van der Waals surface area contributed by atoms with E-state index in [1.165, 1.54) is 36.4 Å². The zero-order valence-corrected chi connectivity index (χ0v) is 19.2. The third-order valence-corrected chi connectivity index (χ3v) is 4.51. The van der Waals surface area contributed by atoms with E-state index in [4.69, 9.17) is 24.4 Å². The molecule has 0 aromatic heterocycles. The molecular weight excluding hydrogens is 470 g/mol. The van der Waals surface area contributed by atoms with Crippen LogP contribution < -0.4 is 32.3 Å². The summed E-state index contributed by atoms with van der Waals surface area (Å²) in [6, 6.07) is 11.5. The Morgan fingerprint density at radius 3 is 1.52 bits per heavy atom. The number of benzene rings is 2. The smallest absolute Gasteiger partial charge is 0.226 e. The van der Waals surface area contributed by atoms with Gasteiger partial charge in [0.25, 0.3) is 0 Å². The predicted molar refractivity (Wildman–Crippen MR) is 131 cm³/mol. The summed E-state index contributed by atoms with van der Waals surface area (Å²) in [7, 11) is 0. The Balaban J connectivity index is 1.51. The van der Waals surface area contributed by atoms with Crippen molar-refractivity contribution in [3.8, 4) is 0 Å². The van der Waals surface area contributed by atoms with Gasteiger partial charge in [0.15, 0.2) is 10.2 Å². The van der Waals surface area contributed by atoms with E-state index in [1.807, 2.05) is 0 Å². The number of nitrogens with one attached hydrogen (secondary N) is 6. The molecule has 2 aromatic rings. The minimum absolute atomic E-state index is 0.0662. The summed E-state index contributed by atoms with van der Waals surface area (Å²) < 4.78 is 26.2. The average Bonchev–Trinajstić information content (AvgIpc) is 2.76. The number of amides is 2. The number of carbonyl (C=O) groups is 2. The summed E-state index contributed by atoms with van der Waals surface area (Å²) >= 11 is 10.0. The summed E-state index contributed by atoms with van der Waals surface area (Å²) in [6.45, 7) is 0. The van der Waals surface area contributed by atoms with Crippen molar-refractivity contribution in [3.63, 3.8) is 0 Å². The van der Waals surface area contributed by atoms with Crippen molar-refractivity contribution in [2.75, 3.05) is 10.9 Å². The van der Waals surface area contributed by atoms with Crippen molar-refractivity contribution < 1.29 is 18.4 Å². The molecule has 8 nitrogen and oxygen atoms in total. The first-order chi connectivity index (χ1) is 15.8. The van der Waals surface area contributed by atoms with Crippen LogP contribution in [0.15, 0.2) is 48.5 Å². The molecule has 176 valence electrons. The number of rotatable bonds is 10. The van der Waals surface area contributed by atoms with Crippen LogP contribution in [-0.4, -0.2) is 22.0 Å². The summed E-state index contributed by atoms with van der Waals surface area (Å²) in [5.41, 5.74) is 11.5. The van der Waals surface area contributed by atoms with Gasteiger partial charge in [-0.05, 0) is 73.7 Å². The molecule has 0 unspecified atom stereocenters. The van der Waals surface area contributed by atoms with Crippen LogP contribution in [0.1, 0.15) is 32.1 Å². The Morgan fingerprint density at radius 2 is 1.12 bits per heavy atom. The van der Waals surface area contributed by atoms with Gasteiger partial charge in [-0.2, -0.15) is 0 Å². The van der Waals surface area contributed by atoms with E-state index < -0.39 is 11.6 Å². The first-order valence-corrected chi connectivity index (χ1v) is 10.9. The molecule has 0 aliphatic heterocycles. The standard InChI is InChI=1S/C21H24F2N6O2S2/c22-14-6-4-8-16(12-14)26-28-20(32)24-18(30)10-2-1-3-11-19(31)25-21(33)29-27-17-9-5-7-15(23)13-17/h4-9,12-13,26-27H,1-3,10-11H2,(H2,24,28,30,32)(H2,25,29,31,33). The van der Waals surface area contributed by atoms with Crippen LogP contribution in [0.2, 0.25) is 0 Å². The van der Waals surface area contributed by atoms with Crippen LogP contribution in [0.4, 0.5) is 20.2 Å². The molecule has 33 heavy (non-hydrogen) atoms. The second kappa shape index (κ2) is 13.9. The molecule has 0 fully saturated rings. The Kier molecular flexibility index (Phi) is 10.9. The predicted octanol–water partition coefficient (Wildman–Crippen LogP) is 3.25. The fourth-order valence-electron chi connectivity index (χ4n) is 2.58. The van der Waals surface area contributed by atoms with Crippen molar-refractivity contribution in [2.24, 2.45) is 0 Å². The van der Waals surface area contributed by atoms with Gasteiger partial charge in [0.2, 0.25) is 11.8 Å². The van der Waals surface area contributed by atoms with Gasteiger partial charge in [-0.3, -0.25) is 31.3 Å². The topological polar surface area (TPSA) is 106 Å². The Hall–Kier alpha value is -3.38. The van der Waals surface area contributed by atoms with Crippen molar-refractivity contribution >= 4 is 57.8 Å². The fraction of sp³-hybridized carbons (Fsp3) is 0.238. The second-order valence-corrected chi connectivity index (χ2v) is 7.65. The van der Waals surface area contributed by atoms with E-state index in [2.05, 4.69) is 32.3 Å². The van der Waals surface area contributed by atoms with E-state index in [1.54, 1.807) is 12.1 Å². The lowest BCUT2D eigenvalue weighted by Gasteiger charge is -2.12. The molecule has 0 radical (unpaired) electrons. The number of hydrazine groups is 2. The van der Waals surface area contributed by atoms with E-state index in [9.17, 15) is 18.4 Å². The molecule has 0 spiro atoms. The minimum atomic E-state index is -0.399. The molecule has 6 N–H and O–H groups in total. The Bertz CT molecular complexity index is 915. The van der Waals surface area contributed by atoms with Crippen LogP contribution in [0, 0.1) is 11.6 Å². The van der Waals surface area contributed by atoms with Crippen molar-refractivity contribution in [1.29, 1.82) is 0 Å². The molecule has 2 rings (SSSR count). The molecule has 2 aromatic carbocycles. The van der Waals surface area contributed by atoms with Crippen LogP contribution in [0.25, 0.3) is 0 Å². The molecule has 0 saturated carbocycles. The number of hydrogen-bond donors (Lipinski definition) is 6. The number of unbranched alkanes of at least 4 members (excludes halogenated alkanes) is 2. The quantitative estimate of drug-likeness (QED) is 0.170. The first-order valence-electron chi connectivity index (χ1n) is 10.0. The molecule has 2 amide bonds. The maximum absolute atomic E-state index is 13.1. The van der Waals surface area contributed by atoms with Crippen molar-refractivity contribution in [2.45, 2.75) is 32.1 Å². The SMILES string of the molecule is O=C(CCCCCC(=O)NC(=S)NNc1cccc(F)c1)NC(=S)NNc1cccc(F)c1. The first kappa shape index (κ1) is 25.9. The van der Waals surface area contributed by atoms with Gasteiger partial charge in [-0.15, -0.1) is 0 Å². The number of anilines is 2. The van der Waals surface area contributed by atoms with E-state index in [0.29, 0.717) is 30.6 Å². The maximum Gasteiger partial charge on any atom is 0.226 e. The molecule has 0 aliphatic rings. The fourth-order valence-corrected chi connectivity index (χ4v) is 2.91. The maximum atomic E-state index is 13.1. The lowest BCUT2D eigenvalue weighted by Crippen LogP contribution is -2.42. The highest BCUT2D eigenvalue weighted by Gasteiger charge is 2.07. The number of carbonyl (C=O) groups excluding carboxylic acids is 2. The molecule has 0 bridgehead atoms. The summed E-state index contributed by atoms with van der Waals surface area (Å²) in [5, 5.41) is 5.16. The summed E-state index contributed by atoms with van der Waals surface area (Å²) in [6.07, 6.45) is 2.28. The Labute approximate surface area is 200 Å². The van der Waals surface area contributed by atoms with E-state index in [-0.39, 0.29) is 34.9 Å². The highest BCUT2D eigenvalue weighted by atomic mass is 32.1. The van der Waals surface area contributed by atoms with Crippen molar-refractivity contribution in [1.82, 2.24) is 21.5 Å². The van der Waals surface area contributed by atoms with Gasteiger partial charge in [-0.1, -0.05) is 18.6 Å². The average molecular weight is 495 g/mol. The van der Waals surface area contributed by atoms with Crippen LogP contribution >= 0.6 is 24.4 Å². The molecule has 0 atom stereocenters. The van der Waals surface area contributed by atoms with Crippen LogP contribution in [0.5, 0.6) is 0 Å². The van der Waals surface area contributed by atoms with Gasteiger partial charge >= 0.3 is 0 Å². The zero-order chi connectivity index (χ0) is 24.1. The molecular formula is C21H24F2N6O2S2. The lowest BCUT2D eigenvalue weighted by atomic mass is 10.1. The lowest BCUT2D eigenvalue weighted by molar-refractivity contribution is -0.120. The van der Waals surface area contributed by atoms with E-state index >= 15 is 0 Å². The molecule has 0 aliphatic carbocycles. The zero-order valence-electron chi connectivity index (χ0n) is 17.5. The molecule has 12 heteroatoms. The second-order valence-electron chi connectivity index (χ2n) is 6.84. The van der Waals surface area contributed by atoms with E-state index in [0.717, 1.165) is 0 Å². The molecule has 0 saturated heterocycles. The largest absolute Gasteiger partial charge is 0.302 e. The summed E-state index contributed by atoms with van der Waals surface area (Å²) in [4.78, 5) is 23.8. The van der Waals surface area contributed by atoms with Gasteiger partial charge in [0, 0.05) is 12.8 Å². The van der Waals surface area contributed by atoms with Gasteiger partial charge < -0.3 is 10.6 Å². The van der Waals surface area contributed by atoms with Crippen LogP contribution in [0.3, 0.4) is 0 Å². The molecule has 0 heterocycles.